The molecule has 0 spiro atoms. The molecule has 0 fully saturated rings. The highest BCUT2D eigenvalue weighted by Gasteiger charge is 2.21. The molecule has 0 aliphatic rings. The molecule has 0 atom stereocenters. The molecule has 16 heavy (non-hydrogen) atoms. The Hall–Kier alpha value is -1.35. The second-order valence-electron chi connectivity index (χ2n) is 4.88. The molecule has 1 aromatic heterocycles. The largest absolute Gasteiger partial charge is 0.397 e. The Morgan fingerprint density at radius 3 is 2.69 bits per heavy atom. The summed E-state index contributed by atoms with van der Waals surface area (Å²) in [6.07, 6.45) is 3.69. The first kappa shape index (κ1) is 12.7. The van der Waals surface area contributed by atoms with Gasteiger partial charge in [-0.05, 0) is 32.9 Å². The summed E-state index contributed by atoms with van der Waals surface area (Å²) < 4.78 is 0. The fraction of sp³-hybridized carbons (Fsp3) is 0.462. The maximum absolute atomic E-state index is 5.89. The van der Waals surface area contributed by atoms with E-state index in [2.05, 4.69) is 37.2 Å². The molecule has 88 valence electrons. The molecule has 1 aromatic rings. The normalized spacial score (nSPS) is 11.8. The first-order valence-electron chi connectivity index (χ1n) is 5.50. The number of hydrogen-bond donors (Lipinski definition) is 1. The van der Waals surface area contributed by atoms with E-state index in [1.165, 1.54) is 0 Å². The van der Waals surface area contributed by atoms with Crippen LogP contribution in [0.2, 0.25) is 0 Å². The average molecular weight is 219 g/mol. The van der Waals surface area contributed by atoms with Gasteiger partial charge in [-0.15, -0.1) is 6.58 Å². The molecule has 0 aromatic carbocycles. The molecular formula is C13H21N3. The Morgan fingerprint density at radius 2 is 2.19 bits per heavy atom. The van der Waals surface area contributed by atoms with Crippen LogP contribution in [0.1, 0.15) is 26.5 Å². The van der Waals surface area contributed by atoms with Crippen molar-refractivity contribution < 1.29 is 0 Å². The van der Waals surface area contributed by atoms with Gasteiger partial charge in [-0.2, -0.15) is 0 Å². The van der Waals surface area contributed by atoms with Crippen molar-refractivity contribution in [1.29, 1.82) is 0 Å². The SMILES string of the molecule is C=CCN(Cc1ncccc1N)C(C)(C)C. The molecular weight excluding hydrogens is 198 g/mol. The van der Waals surface area contributed by atoms with Crippen LogP contribution in [0.25, 0.3) is 0 Å². The van der Waals surface area contributed by atoms with Gasteiger partial charge in [0, 0.05) is 24.8 Å². The summed E-state index contributed by atoms with van der Waals surface area (Å²) in [5.74, 6) is 0. The fourth-order valence-electron chi connectivity index (χ4n) is 1.49. The fourth-order valence-corrected chi connectivity index (χ4v) is 1.49. The summed E-state index contributed by atoms with van der Waals surface area (Å²) in [6, 6.07) is 3.74. The highest BCUT2D eigenvalue weighted by molar-refractivity contribution is 5.41. The number of rotatable bonds is 4. The zero-order chi connectivity index (χ0) is 12.2. The van der Waals surface area contributed by atoms with Gasteiger partial charge < -0.3 is 5.73 Å². The van der Waals surface area contributed by atoms with E-state index >= 15 is 0 Å². The molecule has 3 heteroatoms. The van der Waals surface area contributed by atoms with Crippen LogP contribution in [0.3, 0.4) is 0 Å². The third kappa shape index (κ3) is 3.35. The van der Waals surface area contributed by atoms with Crippen LogP contribution in [0.5, 0.6) is 0 Å². The molecule has 0 saturated carbocycles. The van der Waals surface area contributed by atoms with Gasteiger partial charge in [0.15, 0.2) is 0 Å². The van der Waals surface area contributed by atoms with Crippen LogP contribution >= 0.6 is 0 Å². The van der Waals surface area contributed by atoms with Gasteiger partial charge in [0.05, 0.1) is 11.4 Å². The van der Waals surface area contributed by atoms with Crippen LogP contribution in [0.15, 0.2) is 31.0 Å². The monoisotopic (exact) mass is 219 g/mol. The minimum atomic E-state index is 0.0815. The molecule has 1 rings (SSSR count). The van der Waals surface area contributed by atoms with Crippen molar-refractivity contribution in [3.63, 3.8) is 0 Å². The van der Waals surface area contributed by atoms with Gasteiger partial charge in [0.2, 0.25) is 0 Å². The summed E-state index contributed by atoms with van der Waals surface area (Å²) in [5.41, 5.74) is 7.66. The molecule has 0 aliphatic carbocycles. The molecule has 3 nitrogen and oxygen atoms in total. The van der Waals surface area contributed by atoms with Gasteiger partial charge in [-0.1, -0.05) is 6.08 Å². The molecule has 0 unspecified atom stereocenters. The van der Waals surface area contributed by atoms with E-state index in [-0.39, 0.29) is 5.54 Å². The van der Waals surface area contributed by atoms with Crippen LogP contribution in [0.4, 0.5) is 5.69 Å². The van der Waals surface area contributed by atoms with Crippen LogP contribution < -0.4 is 5.73 Å². The number of nitrogens with two attached hydrogens (primary N) is 1. The maximum atomic E-state index is 5.89. The summed E-state index contributed by atoms with van der Waals surface area (Å²) in [6.45, 7) is 11.9. The Morgan fingerprint density at radius 1 is 1.50 bits per heavy atom. The number of anilines is 1. The molecule has 0 amide bonds. The van der Waals surface area contributed by atoms with Gasteiger partial charge >= 0.3 is 0 Å². The second kappa shape index (κ2) is 5.12. The van der Waals surface area contributed by atoms with Crippen molar-refractivity contribution in [3.05, 3.63) is 36.7 Å². The Labute approximate surface area is 98.0 Å². The van der Waals surface area contributed by atoms with Crippen molar-refractivity contribution in [1.82, 2.24) is 9.88 Å². The van der Waals surface area contributed by atoms with E-state index in [4.69, 9.17) is 5.73 Å². The van der Waals surface area contributed by atoms with E-state index < -0.39 is 0 Å². The predicted octanol–water partition coefficient (Wildman–Crippen LogP) is 2.45. The van der Waals surface area contributed by atoms with E-state index in [0.29, 0.717) is 0 Å². The van der Waals surface area contributed by atoms with Crippen LogP contribution in [-0.2, 0) is 6.54 Å². The summed E-state index contributed by atoms with van der Waals surface area (Å²) in [4.78, 5) is 6.60. The third-order valence-electron chi connectivity index (χ3n) is 2.56. The minimum Gasteiger partial charge on any atom is -0.397 e. The van der Waals surface area contributed by atoms with Crippen LogP contribution in [-0.4, -0.2) is 22.0 Å². The van der Waals surface area contributed by atoms with Gasteiger partial charge in [-0.25, -0.2) is 0 Å². The lowest BCUT2D eigenvalue weighted by atomic mass is 10.1. The number of pyridine rings is 1. The van der Waals surface area contributed by atoms with Crippen molar-refractivity contribution in [3.8, 4) is 0 Å². The number of nitrogen functional groups attached to an aromatic ring is 1. The van der Waals surface area contributed by atoms with Crippen molar-refractivity contribution in [2.24, 2.45) is 0 Å². The first-order valence-corrected chi connectivity index (χ1v) is 5.50. The van der Waals surface area contributed by atoms with E-state index in [0.717, 1.165) is 24.5 Å². The van der Waals surface area contributed by atoms with Gasteiger partial charge in [0.1, 0.15) is 0 Å². The summed E-state index contributed by atoms with van der Waals surface area (Å²) >= 11 is 0. The molecule has 2 N–H and O–H groups in total. The maximum Gasteiger partial charge on any atom is 0.0772 e. The smallest absolute Gasteiger partial charge is 0.0772 e. The molecule has 0 radical (unpaired) electrons. The number of aromatic nitrogens is 1. The van der Waals surface area contributed by atoms with E-state index in [1.807, 2.05) is 18.2 Å². The lowest BCUT2D eigenvalue weighted by molar-refractivity contribution is 0.144. The summed E-state index contributed by atoms with van der Waals surface area (Å²) in [7, 11) is 0. The Balaban J connectivity index is 2.84. The van der Waals surface area contributed by atoms with Crippen molar-refractivity contribution in [2.45, 2.75) is 32.9 Å². The van der Waals surface area contributed by atoms with Gasteiger partial charge in [-0.3, -0.25) is 9.88 Å². The lowest BCUT2D eigenvalue weighted by Crippen LogP contribution is -2.41. The minimum absolute atomic E-state index is 0.0815. The first-order chi connectivity index (χ1) is 7.45. The zero-order valence-corrected chi connectivity index (χ0v) is 10.4. The lowest BCUT2D eigenvalue weighted by Gasteiger charge is -2.34. The molecule has 0 saturated heterocycles. The second-order valence-corrected chi connectivity index (χ2v) is 4.88. The van der Waals surface area contributed by atoms with Crippen molar-refractivity contribution in [2.75, 3.05) is 12.3 Å². The Kier molecular flexibility index (Phi) is 4.07. The molecule has 0 bridgehead atoms. The highest BCUT2D eigenvalue weighted by atomic mass is 15.2. The zero-order valence-electron chi connectivity index (χ0n) is 10.4. The van der Waals surface area contributed by atoms with Crippen LogP contribution in [0, 0.1) is 0 Å². The van der Waals surface area contributed by atoms with Crippen molar-refractivity contribution >= 4 is 5.69 Å². The predicted molar refractivity (Wildman–Crippen MR) is 69.0 cm³/mol. The number of nitrogens with zero attached hydrogens (tertiary/aromatic N) is 2. The average Bonchev–Trinajstić information content (AvgIpc) is 2.19. The van der Waals surface area contributed by atoms with E-state index in [1.54, 1.807) is 6.20 Å². The third-order valence-corrected chi connectivity index (χ3v) is 2.56. The standard InChI is InChI=1S/C13H21N3/c1-5-9-16(13(2,3)4)10-12-11(14)7-6-8-15-12/h5-8H,1,9-10,14H2,2-4H3. The number of hydrogen-bond acceptors (Lipinski definition) is 3. The molecule has 1 heterocycles. The summed E-state index contributed by atoms with van der Waals surface area (Å²) in [5, 5.41) is 0. The Bertz CT molecular complexity index is 352. The van der Waals surface area contributed by atoms with Gasteiger partial charge in [0.25, 0.3) is 0 Å². The molecule has 0 aliphatic heterocycles. The topological polar surface area (TPSA) is 42.2 Å². The van der Waals surface area contributed by atoms with E-state index in [9.17, 15) is 0 Å². The quantitative estimate of drug-likeness (QED) is 0.791. The highest BCUT2D eigenvalue weighted by Crippen LogP contribution is 2.18.